The molecule has 6 heteroatoms. The number of nitrogens with one attached hydrogen (secondary N) is 1. The number of benzene rings is 3. The lowest BCUT2D eigenvalue weighted by Gasteiger charge is -2.37. The molecule has 1 N–H and O–H groups in total. The molecule has 0 radical (unpaired) electrons. The Morgan fingerprint density at radius 1 is 0.724 bits per heavy atom. The van der Waals surface area contributed by atoms with Crippen LogP contribution in [0, 0.1) is 11.6 Å². The molecule has 0 saturated carbocycles. The van der Waals surface area contributed by atoms with E-state index >= 15 is 0 Å². The fourth-order valence-electron chi connectivity index (χ4n) is 3.46. The molecule has 4 nitrogen and oxygen atoms in total. The number of hydrogen-bond acceptors (Lipinski definition) is 3. The molecule has 3 aromatic carbocycles. The predicted molar refractivity (Wildman–Crippen MR) is 112 cm³/mol. The fourth-order valence-corrected chi connectivity index (χ4v) is 3.46. The molecular formula is C23H21F2N3O. The van der Waals surface area contributed by atoms with Gasteiger partial charge in [0.2, 0.25) is 0 Å². The summed E-state index contributed by atoms with van der Waals surface area (Å²) in [6.45, 7) is 3.71. The van der Waals surface area contributed by atoms with Gasteiger partial charge in [-0.25, -0.2) is 8.78 Å². The van der Waals surface area contributed by atoms with Crippen molar-refractivity contribution in [2.24, 2.45) is 0 Å². The molecule has 1 heterocycles. The molecule has 1 aliphatic heterocycles. The number of carbonyl (C=O) groups excluding carboxylic acids is 1. The Morgan fingerprint density at radius 2 is 1.31 bits per heavy atom. The minimum Gasteiger partial charge on any atom is -0.368 e. The van der Waals surface area contributed by atoms with E-state index in [0.29, 0.717) is 5.69 Å². The van der Waals surface area contributed by atoms with Crippen LogP contribution in [0.3, 0.4) is 0 Å². The number of rotatable bonds is 4. The SMILES string of the molecule is O=C(Nc1ccc(N2CCN(c3ccccc3)CC2)cc1)c1ccc(F)c(F)c1. The van der Waals surface area contributed by atoms with E-state index in [-0.39, 0.29) is 5.56 Å². The van der Waals surface area contributed by atoms with E-state index in [9.17, 15) is 13.6 Å². The Labute approximate surface area is 168 Å². The second-order valence-electron chi connectivity index (χ2n) is 6.94. The van der Waals surface area contributed by atoms with E-state index in [1.54, 1.807) is 0 Å². The van der Waals surface area contributed by atoms with Gasteiger partial charge in [0.25, 0.3) is 5.91 Å². The number of piperazine rings is 1. The smallest absolute Gasteiger partial charge is 0.255 e. The molecule has 0 unspecified atom stereocenters. The Bertz CT molecular complexity index is 985. The standard InChI is InChI=1S/C23H21F2N3O/c24-21-11-6-17(16-22(21)25)23(29)26-18-7-9-20(10-8-18)28-14-12-27(13-15-28)19-4-2-1-3-5-19/h1-11,16H,12-15H2,(H,26,29). The van der Waals surface area contributed by atoms with Gasteiger partial charge in [0.15, 0.2) is 11.6 Å². The van der Waals surface area contributed by atoms with Crippen molar-refractivity contribution < 1.29 is 13.6 Å². The third-order valence-electron chi connectivity index (χ3n) is 5.07. The molecule has 0 spiro atoms. The monoisotopic (exact) mass is 393 g/mol. The first kappa shape index (κ1) is 18.9. The van der Waals surface area contributed by atoms with Gasteiger partial charge in [0, 0.05) is 48.8 Å². The maximum Gasteiger partial charge on any atom is 0.255 e. The second kappa shape index (κ2) is 8.31. The zero-order chi connectivity index (χ0) is 20.2. The van der Waals surface area contributed by atoms with Crippen LogP contribution in [0.25, 0.3) is 0 Å². The fraction of sp³-hybridized carbons (Fsp3) is 0.174. The molecule has 4 rings (SSSR count). The van der Waals surface area contributed by atoms with Crippen LogP contribution < -0.4 is 15.1 Å². The topological polar surface area (TPSA) is 35.6 Å². The van der Waals surface area contributed by atoms with Gasteiger partial charge in [-0.05, 0) is 54.6 Å². The second-order valence-corrected chi connectivity index (χ2v) is 6.94. The van der Waals surface area contributed by atoms with Crippen LogP contribution in [-0.4, -0.2) is 32.1 Å². The lowest BCUT2D eigenvalue weighted by Crippen LogP contribution is -2.46. The molecule has 1 fully saturated rings. The highest BCUT2D eigenvalue weighted by molar-refractivity contribution is 6.04. The summed E-state index contributed by atoms with van der Waals surface area (Å²) in [6, 6.07) is 21.0. The molecule has 3 aromatic rings. The van der Waals surface area contributed by atoms with Crippen molar-refractivity contribution in [3.05, 3.63) is 90.0 Å². The van der Waals surface area contributed by atoms with Crippen LogP contribution in [-0.2, 0) is 0 Å². The van der Waals surface area contributed by atoms with Crippen molar-refractivity contribution in [2.75, 3.05) is 41.3 Å². The van der Waals surface area contributed by atoms with Crippen LogP contribution in [0.4, 0.5) is 25.8 Å². The summed E-state index contributed by atoms with van der Waals surface area (Å²) in [6.07, 6.45) is 0. The molecule has 0 aliphatic carbocycles. The molecule has 29 heavy (non-hydrogen) atoms. The molecule has 0 atom stereocenters. The zero-order valence-corrected chi connectivity index (χ0v) is 15.8. The molecule has 1 saturated heterocycles. The summed E-state index contributed by atoms with van der Waals surface area (Å²) in [5.41, 5.74) is 3.00. The van der Waals surface area contributed by atoms with Crippen LogP contribution in [0.1, 0.15) is 10.4 Å². The number of amides is 1. The van der Waals surface area contributed by atoms with Gasteiger partial charge in [0.1, 0.15) is 0 Å². The maximum atomic E-state index is 13.3. The molecule has 148 valence electrons. The van der Waals surface area contributed by atoms with Crippen molar-refractivity contribution in [3.63, 3.8) is 0 Å². The van der Waals surface area contributed by atoms with Crippen LogP contribution in [0.5, 0.6) is 0 Å². The summed E-state index contributed by atoms with van der Waals surface area (Å²) in [7, 11) is 0. The first-order valence-electron chi connectivity index (χ1n) is 9.51. The first-order chi connectivity index (χ1) is 14.1. The molecule has 0 bridgehead atoms. The Balaban J connectivity index is 1.36. The van der Waals surface area contributed by atoms with E-state index in [0.717, 1.165) is 44.0 Å². The largest absolute Gasteiger partial charge is 0.368 e. The number of carbonyl (C=O) groups is 1. The highest BCUT2D eigenvalue weighted by Gasteiger charge is 2.17. The average Bonchev–Trinajstić information content (AvgIpc) is 2.77. The lowest BCUT2D eigenvalue weighted by atomic mass is 10.2. The Kier molecular flexibility index (Phi) is 5.42. The number of para-hydroxylation sites is 1. The van der Waals surface area contributed by atoms with Crippen molar-refractivity contribution in [1.82, 2.24) is 0 Å². The van der Waals surface area contributed by atoms with Gasteiger partial charge in [-0.1, -0.05) is 18.2 Å². The van der Waals surface area contributed by atoms with E-state index in [4.69, 9.17) is 0 Å². The minimum absolute atomic E-state index is 0.0741. The van der Waals surface area contributed by atoms with E-state index < -0.39 is 17.5 Å². The minimum atomic E-state index is -1.04. The zero-order valence-electron chi connectivity index (χ0n) is 15.8. The third-order valence-corrected chi connectivity index (χ3v) is 5.07. The Morgan fingerprint density at radius 3 is 1.90 bits per heavy atom. The molecule has 1 amide bonds. The highest BCUT2D eigenvalue weighted by atomic mass is 19.2. The van der Waals surface area contributed by atoms with E-state index in [1.807, 2.05) is 30.3 Å². The van der Waals surface area contributed by atoms with Gasteiger partial charge in [-0.2, -0.15) is 0 Å². The van der Waals surface area contributed by atoms with Crippen LogP contribution in [0.15, 0.2) is 72.8 Å². The van der Waals surface area contributed by atoms with E-state index in [1.165, 1.54) is 11.8 Å². The van der Waals surface area contributed by atoms with Gasteiger partial charge in [-0.3, -0.25) is 4.79 Å². The first-order valence-corrected chi connectivity index (χ1v) is 9.51. The number of anilines is 3. The number of halogens is 2. The van der Waals surface area contributed by atoms with Crippen molar-refractivity contribution in [2.45, 2.75) is 0 Å². The highest BCUT2D eigenvalue weighted by Crippen LogP contribution is 2.22. The molecule has 0 aromatic heterocycles. The summed E-state index contributed by atoms with van der Waals surface area (Å²) in [5, 5.41) is 2.71. The van der Waals surface area contributed by atoms with E-state index in [2.05, 4.69) is 39.4 Å². The summed E-state index contributed by atoms with van der Waals surface area (Å²) in [5.74, 6) is -2.49. The summed E-state index contributed by atoms with van der Waals surface area (Å²) < 4.78 is 26.3. The Hall–Kier alpha value is -3.41. The molecule has 1 aliphatic rings. The summed E-state index contributed by atoms with van der Waals surface area (Å²) >= 11 is 0. The predicted octanol–water partition coefficient (Wildman–Crippen LogP) is 4.54. The number of nitrogens with zero attached hydrogens (tertiary/aromatic N) is 2. The van der Waals surface area contributed by atoms with Crippen molar-refractivity contribution >= 4 is 23.0 Å². The van der Waals surface area contributed by atoms with Crippen LogP contribution >= 0.6 is 0 Å². The number of hydrogen-bond donors (Lipinski definition) is 1. The van der Waals surface area contributed by atoms with Gasteiger partial charge < -0.3 is 15.1 Å². The van der Waals surface area contributed by atoms with Gasteiger partial charge in [-0.15, -0.1) is 0 Å². The molecular weight excluding hydrogens is 372 g/mol. The van der Waals surface area contributed by atoms with Crippen molar-refractivity contribution in [1.29, 1.82) is 0 Å². The lowest BCUT2D eigenvalue weighted by molar-refractivity contribution is 0.102. The summed E-state index contributed by atoms with van der Waals surface area (Å²) in [4.78, 5) is 16.9. The normalized spacial score (nSPS) is 14.0. The quantitative estimate of drug-likeness (QED) is 0.707. The van der Waals surface area contributed by atoms with Gasteiger partial charge >= 0.3 is 0 Å². The maximum absolute atomic E-state index is 13.3. The van der Waals surface area contributed by atoms with Crippen LogP contribution in [0.2, 0.25) is 0 Å². The third kappa shape index (κ3) is 4.37. The average molecular weight is 393 g/mol. The van der Waals surface area contributed by atoms with Gasteiger partial charge in [0.05, 0.1) is 0 Å². The van der Waals surface area contributed by atoms with Crippen molar-refractivity contribution in [3.8, 4) is 0 Å².